The van der Waals surface area contributed by atoms with Crippen LogP contribution in [-0.2, 0) is 13.0 Å². The van der Waals surface area contributed by atoms with E-state index in [1.165, 1.54) is 6.20 Å². The standard InChI is InChI=1S/C37H38N4O4/c1-25(2)45-35-21-27(15-18-34(35)44-4)24-41(3)20-19-26-13-16-30(17-14-26)39-37(43)31-10-6-8-12-33(31)40-36(42)29-22-28-9-5-7-11-32(28)38-23-29/h5-18,21-23,25H,19-20,24H2,1-4H3,(H,39,43)(H,40,42). The summed E-state index contributed by atoms with van der Waals surface area (Å²) in [6, 6.07) is 30.2. The lowest BCUT2D eigenvalue weighted by molar-refractivity contribution is 0.102. The molecule has 0 unspecified atom stereocenters. The van der Waals surface area contributed by atoms with E-state index in [-0.39, 0.29) is 17.9 Å². The maximum atomic E-state index is 13.2. The molecule has 0 spiro atoms. The van der Waals surface area contributed by atoms with Crippen molar-refractivity contribution in [3.63, 3.8) is 0 Å². The predicted octanol–water partition coefficient (Wildman–Crippen LogP) is 7.21. The smallest absolute Gasteiger partial charge is 0.257 e. The number of hydrogen-bond acceptors (Lipinski definition) is 6. The highest BCUT2D eigenvalue weighted by Gasteiger charge is 2.15. The Balaban J connectivity index is 1.16. The van der Waals surface area contributed by atoms with Crippen molar-refractivity contribution in [2.45, 2.75) is 32.9 Å². The normalized spacial score (nSPS) is 11.1. The summed E-state index contributed by atoms with van der Waals surface area (Å²) in [5, 5.41) is 6.69. The highest BCUT2D eigenvalue weighted by Crippen LogP contribution is 2.29. The molecule has 4 aromatic carbocycles. The molecule has 5 rings (SSSR count). The Labute approximate surface area is 264 Å². The third-order valence-corrected chi connectivity index (χ3v) is 7.31. The topological polar surface area (TPSA) is 92.8 Å². The van der Waals surface area contributed by atoms with Crippen LogP contribution in [0.1, 0.15) is 45.7 Å². The van der Waals surface area contributed by atoms with Crippen molar-refractivity contribution in [2.24, 2.45) is 0 Å². The molecular formula is C37H38N4O4. The van der Waals surface area contributed by atoms with Crippen LogP contribution in [0.25, 0.3) is 10.9 Å². The summed E-state index contributed by atoms with van der Waals surface area (Å²) in [5.74, 6) is 0.840. The second-order valence-electron chi connectivity index (χ2n) is 11.2. The first-order valence-corrected chi connectivity index (χ1v) is 15.0. The van der Waals surface area contributed by atoms with E-state index in [1.807, 2.05) is 74.5 Å². The number of benzene rings is 4. The average molecular weight is 603 g/mol. The number of carbonyl (C=O) groups is 2. The SMILES string of the molecule is COc1ccc(CN(C)CCc2ccc(NC(=O)c3ccccc3NC(=O)c3cnc4ccccc4c3)cc2)cc1OC(C)C. The van der Waals surface area contributed by atoms with Gasteiger partial charge in [-0.2, -0.15) is 0 Å². The van der Waals surface area contributed by atoms with Crippen molar-refractivity contribution in [2.75, 3.05) is 31.3 Å². The molecule has 230 valence electrons. The van der Waals surface area contributed by atoms with Crippen molar-refractivity contribution < 1.29 is 19.1 Å². The highest BCUT2D eigenvalue weighted by atomic mass is 16.5. The fourth-order valence-corrected chi connectivity index (χ4v) is 5.01. The fraction of sp³-hybridized carbons (Fsp3) is 0.216. The quantitative estimate of drug-likeness (QED) is 0.157. The Morgan fingerprint density at radius 3 is 2.33 bits per heavy atom. The maximum Gasteiger partial charge on any atom is 0.257 e. The molecule has 0 saturated heterocycles. The minimum absolute atomic E-state index is 0.0639. The van der Waals surface area contributed by atoms with Crippen molar-refractivity contribution >= 4 is 34.1 Å². The van der Waals surface area contributed by atoms with E-state index in [0.717, 1.165) is 53.0 Å². The van der Waals surface area contributed by atoms with Gasteiger partial charge in [0.05, 0.1) is 35.5 Å². The molecule has 1 aromatic heterocycles. The lowest BCUT2D eigenvalue weighted by Gasteiger charge is -2.19. The molecule has 0 radical (unpaired) electrons. The van der Waals surface area contributed by atoms with Gasteiger partial charge in [-0.15, -0.1) is 0 Å². The van der Waals surface area contributed by atoms with Crippen LogP contribution in [-0.4, -0.2) is 48.5 Å². The maximum absolute atomic E-state index is 13.2. The van der Waals surface area contributed by atoms with Gasteiger partial charge in [-0.05, 0) is 87.0 Å². The number of amides is 2. The number of pyridine rings is 1. The first-order chi connectivity index (χ1) is 21.8. The van der Waals surface area contributed by atoms with Crippen LogP contribution in [0.3, 0.4) is 0 Å². The summed E-state index contributed by atoms with van der Waals surface area (Å²) in [7, 11) is 3.74. The average Bonchev–Trinajstić information content (AvgIpc) is 3.04. The van der Waals surface area contributed by atoms with E-state index in [1.54, 1.807) is 37.4 Å². The number of likely N-dealkylation sites (N-methyl/N-ethyl adjacent to an activating group) is 1. The Bertz CT molecular complexity index is 1790. The van der Waals surface area contributed by atoms with Crippen LogP contribution in [0.4, 0.5) is 11.4 Å². The molecule has 2 N–H and O–H groups in total. The van der Waals surface area contributed by atoms with Gasteiger partial charge >= 0.3 is 0 Å². The first-order valence-electron chi connectivity index (χ1n) is 15.0. The number of anilines is 2. The number of para-hydroxylation sites is 2. The number of carbonyl (C=O) groups excluding carboxylic acids is 2. The number of nitrogens with zero attached hydrogens (tertiary/aromatic N) is 2. The molecule has 0 aliphatic heterocycles. The van der Waals surface area contributed by atoms with Crippen LogP contribution in [0.2, 0.25) is 0 Å². The molecule has 5 aromatic rings. The summed E-state index contributed by atoms with van der Waals surface area (Å²) >= 11 is 0. The highest BCUT2D eigenvalue weighted by molar-refractivity contribution is 6.13. The van der Waals surface area contributed by atoms with E-state index >= 15 is 0 Å². The molecule has 0 saturated carbocycles. The zero-order valence-corrected chi connectivity index (χ0v) is 26.0. The Hall–Kier alpha value is -5.21. The molecule has 8 heteroatoms. The number of aromatic nitrogens is 1. The minimum atomic E-state index is -0.334. The molecule has 0 atom stereocenters. The summed E-state index contributed by atoms with van der Waals surface area (Å²) in [5.41, 5.74) is 5.00. The third-order valence-electron chi connectivity index (χ3n) is 7.31. The van der Waals surface area contributed by atoms with Gasteiger partial charge in [-0.1, -0.05) is 48.5 Å². The number of methoxy groups -OCH3 is 1. The Morgan fingerprint density at radius 2 is 1.56 bits per heavy atom. The summed E-state index contributed by atoms with van der Waals surface area (Å²) in [4.78, 5) is 32.9. The van der Waals surface area contributed by atoms with E-state index in [9.17, 15) is 9.59 Å². The van der Waals surface area contributed by atoms with Gasteiger partial charge in [0.2, 0.25) is 0 Å². The van der Waals surface area contributed by atoms with Gasteiger partial charge in [0.15, 0.2) is 11.5 Å². The van der Waals surface area contributed by atoms with Gasteiger partial charge in [0.1, 0.15) is 0 Å². The molecule has 0 aliphatic rings. The largest absolute Gasteiger partial charge is 0.493 e. The molecule has 2 amide bonds. The lowest BCUT2D eigenvalue weighted by atomic mass is 10.1. The van der Waals surface area contributed by atoms with E-state index in [0.29, 0.717) is 22.5 Å². The first kappa shape index (κ1) is 31.2. The predicted molar refractivity (Wildman–Crippen MR) is 179 cm³/mol. The second kappa shape index (κ2) is 14.5. The summed E-state index contributed by atoms with van der Waals surface area (Å²) in [6.45, 7) is 5.64. The van der Waals surface area contributed by atoms with Crippen molar-refractivity contribution in [1.82, 2.24) is 9.88 Å². The monoisotopic (exact) mass is 602 g/mol. The minimum Gasteiger partial charge on any atom is -0.493 e. The van der Waals surface area contributed by atoms with Crippen LogP contribution < -0.4 is 20.1 Å². The van der Waals surface area contributed by atoms with Crippen LogP contribution >= 0.6 is 0 Å². The van der Waals surface area contributed by atoms with Crippen molar-refractivity contribution in [3.05, 3.63) is 126 Å². The zero-order chi connectivity index (χ0) is 31.8. The van der Waals surface area contributed by atoms with Gasteiger partial charge in [0.25, 0.3) is 11.8 Å². The van der Waals surface area contributed by atoms with Gasteiger partial charge < -0.3 is 25.0 Å². The molecular weight excluding hydrogens is 564 g/mol. The zero-order valence-electron chi connectivity index (χ0n) is 26.0. The van der Waals surface area contributed by atoms with Gasteiger partial charge in [0, 0.05) is 30.4 Å². The molecule has 45 heavy (non-hydrogen) atoms. The van der Waals surface area contributed by atoms with Crippen molar-refractivity contribution in [1.29, 1.82) is 0 Å². The molecule has 8 nitrogen and oxygen atoms in total. The number of hydrogen-bond donors (Lipinski definition) is 2. The molecule has 0 aliphatic carbocycles. The molecule has 1 heterocycles. The van der Waals surface area contributed by atoms with Crippen LogP contribution in [0, 0.1) is 0 Å². The summed E-state index contributed by atoms with van der Waals surface area (Å²) < 4.78 is 11.4. The fourth-order valence-electron chi connectivity index (χ4n) is 5.01. The number of nitrogens with one attached hydrogen (secondary N) is 2. The second-order valence-corrected chi connectivity index (χ2v) is 11.2. The molecule has 0 fully saturated rings. The van der Waals surface area contributed by atoms with Crippen molar-refractivity contribution in [3.8, 4) is 11.5 Å². The van der Waals surface area contributed by atoms with Crippen LogP contribution in [0.5, 0.6) is 11.5 Å². The number of rotatable bonds is 12. The lowest BCUT2D eigenvalue weighted by Crippen LogP contribution is -2.21. The van der Waals surface area contributed by atoms with E-state index in [4.69, 9.17) is 9.47 Å². The Kier molecular flexibility index (Phi) is 10.1. The van der Waals surface area contributed by atoms with Crippen LogP contribution in [0.15, 0.2) is 103 Å². The van der Waals surface area contributed by atoms with Gasteiger partial charge in [-0.3, -0.25) is 14.6 Å². The van der Waals surface area contributed by atoms with E-state index < -0.39 is 0 Å². The van der Waals surface area contributed by atoms with Gasteiger partial charge in [-0.25, -0.2) is 0 Å². The number of fused-ring (bicyclic) bond motifs is 1. The Morgan fingerprint density at radius 1 is 0.822 bits per heavy atom. The third kappa shape index (κ3) is 8.25. The number of ether oxygens (including phenoxy) is 2. The molecule has 0 bridgehead atoms. The van der Waals surface area contributed by atoms with E-state index in [2.05, 4.69) is 33.6 Å². The summed E-state index contributed by atoms with van der Waals surface area (Å²) in [6.07, 6.45) is 2.46.